The Morgan fingerprint density at radius 1 is 1.20 bits per heavy atom. The Morgan fingerprint density at radius 2 is 2.13 bits per heavy atom. The Hall–Kier alpha value is -2.10. The minimum atomic E-state index is -0.367. The van der Waals surface area contributed by atoms with Crippen LogP contribution in [-0.2, 0) is 0 Å². The van der Waals surface area contributed by atoms with Crippen LogP contribution in [0.15, 0.2) is 40.9 Å². The van der Waals surface area contributed by atoms with Crippen molar-refractivity contribution in [2.24, 2.45) is 0 Å². The van der Waals surface area contributed by atoms with Gasteiger partial charge in [-0.2, -0.15) is 0 Å². The van der Waals surface area contributed by atoms with Crippen LogP contribution < -0.4 is 0 Å². The molecule has 2 aromatic heterocycles. The number of nitrogens with one attached hydrogen (secondary N) is 1. The molecule has 4 heteroatoms. The van der Waals surface area contributed by atoms with Gasteiger partial charge in [-0.05, 0) is 24.3 Å². The molecule has 0 unspecified atom stereocenters. The number of nitrogens with zero attached hydrogens (tertiary/aromatic N) is 1. The largest absolute Gasteiger partial charge is 0.435 e. The van der Waals surface area contributed by atoms with E-state index in [1.807, 2.05) is 12.1 Å². The van der Waals surface area contributed by atoms with Crippen molar-refractivity contribution in [1.82, 2.24) is 9.97 Å². The molecular weight excluding hydrogens is 195 g/mol. The summed E-state index contributed by atoms with van der Waals surface area (Å²) < 4.78 is 18.7. The molecule has 0 saturated carbocycles. The van der Waals surface area contributed by atoms with Crippen LogP contribution in [0.3, 0.4) is 0 Å². The van der Waals surface area contributed by atoms with Crippen molar-refractivity contribution in [2.75, 3.05) is 0 Å². The maximum Gasteiger partial charge on any atom is 0.244 e. The van der Waals surface area contributed by atoms with Crippen molar-refractivity contribution in [3.8, 4) is 11.6 Å². The van der Waals surface area contributed by atoms with Crippen LogP contribution in [0.5, 0.6) is 0 Å². The van der Waals surface area contributed by atoms with Gasteiger partial charge in [-0.3, -0.25) is 0 Å². The van der Waals surface area contributed by atoms with Crippen molar-refractivity contribution < 1.29 is 8.81 Å². The lowest BCUT2D eigenvalue weighted by atomic mass is 10.3. The zero-order chi connectivity index (χ0) is 10.3. The molecule has 74 valence electrons. The second-order valence-corrected chi connectivity index (χ2v) is 3.19. The first-order chi connectivity index (χ1) is 7.34. The van der Waals surface area contributed by atoms with Crippen molar-refractivity contribution in [3.63, 3.8) is 0 Å². The number of hydrogen-bond acceptors (Lipinski definition) is 2. The lowest BCUT2D eigenvalue weighted by Crippen LogP contribution is -1.77. The van der Waals surface area contributed by atoms with Gasteiger partial charge in [-0.25, -0.2) is 9.37 Å². The first-order valence-corrected chi connectivity index (χ1v) is 4.53. The smallest absolute Gasteiger partial charge is 0.244 e. The number of aromatic nitrogens is 2. The molecule has 2 heterocycles. The predicted octanol–water partition coefficient (Wildman–Crippen LogP) is 2.96. The number of benzene rings is 1. The summed E-state index contributed by atoms with van der Waals surface area (Å²) in [7, 11) is 0. The van der Waals surface area contributed by atoms with Gasteiger partial charge in [0.25, 0.3) is 0 Å². The molecule has 0 bridgehead atoms. The van der Waals surface area contributed by atoms with Crippen LogP contribution in [0, 0.1) is 5.82 Å². The first-order valence-electron chi connectivity index (χ1n) is 4.53. The van der Waals surface area contributed by atoms with Crippen LogP contribution in [-0.4, -0.2) is 9.97 Å². The molecule has 0 aliphatic heterocycles. The Bertz CT molecular complexity index is 598. The molecule has 0 aliphatic rings. The fraction of sp³-hybridized carbons (Fsp3) is 0. The summed E-state index contributed by atoms with van der Waals surface area (Å²) in [5.74, 6) is 0.0363. The van der Waals surface area contributed by atoms with E-state index in [2.05, 4.69) is 9.97 Å². The highest BCUT2D eigenvalue weighted by atomic mass is 19.1. The van der Waals surface area contributed by atoms with Crippen molar-refractivity contribution in [1.29, 1.82) is 0 Å². The highest BCUT2D eigenvalue weighted by Gasteiger charge is 2.11. The maximum absolute atomic E-state index is 13.3. The maximum atomic E-state index is 13.3. The number of fused-ring (bicyclic) bond motifs is 1. The Morgan fingerprint density at radius 3 is 2.87 bits per heavy atom. The Kier molecular flexibility index (Phi) is 1.62. The standard InChI is InChI=1S/C11H7FN2O/c12-7-3-1-5-9-10(7)14-11(15-9)8-4-2-6-13-8/h1-6,13H. The molecule has 3 nitrogen and oxygen atoms in total. The molecule has 15 heavy (non-hydrogen) atoms. The van der Waals surface area contributed by atoms with E-state index in [4.69, 9.17) is 4.42 Å². The predicted molar refractivity (Wildman–Crippen MR) is 53.8 cm³/mol. The summed E-state index contributed by atoms with van der Waals surface area (Å²) in [4.78, 5) is 7.04. The monoisotopic (exact) mass is 202 g/mol. The van der Waals surface area contributed by atoms with Gasteiger partial charge in [-0.15, -0.1) is 0 Å². The molecular formula is C11H7FN2O. The Labute approximate surface area is 84.6 Å². The fourth-order valence-corrected chi connectivity index (χ4v) is 1.49. The van der Waals surface area contributed by atoms with E-state index >= 15 is 0 Å². The summed E-state index contributed by atoms with van der Waals surface area (Å²) in [5.41, 5.74) is 1.47. The molecule has 0 aliphatic carbocycles. The van der Waals surface area contributed by atoms with E-state index in [0.29, 0.717) is 11.5 Å². The van der Waals surface area contributed by atoms with Crippen LogP contribution in [0.4, 0.5) is 4.39 Å². The van der Waals surface area contributed by atoms with Crippen LogP contribution >= 0.6 is 0 Å². The highest BCUT2D eigenvalue weighted by molar-refractivity contribution is 5.76. The molecule has 0 radical (unpaired) electrons. The number of halogens is 1. The molecule has 3 aromatic rings. The van der Waals surface area contributed by atoms with Crippen molar-refractivity contribution >= 4 is 11.1 Å². The summed E-state index contributed by atoms with van der Waals surface area (Å²) >= 11 is 0. The first kappa shape index (κ1) is 8.23. The molecule has 0 fully saturated rings. The van der Waals surface area contributed by atoms with Gasteiger partial charge in [0.1, 0.15) is 11.2 Å². The van der Waals surface area contributed by atoms with Gasteiger partial charge in [0.05, 0.1) is 0 Å². The van der Waals surface area contributed by atoms with E-state index in [1.54, 1.807) is 18.3 Å². The van der Waals surface area contributed by atoms with E-state index in [0.717, 1.165) is 5.69 Å². The summed E-state index contributed by atoms with van der Waals surface area (Å²) in [5, 5.41) is 0. The van der Waals surface area contributed by atoms with Gasteiger partial charge < -0.3 is 9.40 Å². The van der Waals surface area contributed by atoms with Gasteiger partial charge in [0.15, 0.2) is 11.4 Å². The van der Waals surface area contributed by atoms with Gasteiger partial charge in [0, 0.05) is 6.20 Å². The van der Waals surface area contributed by atoms with Crippen molar-refractivity contribution in [3.05, 3.63) is 42.3 Å². The summed E-state index contributed by atoms with van der Waals surface area (Å²) in [6, 6.07) is 8.31. The van der Waals surface area contributed by atoms with E-state index in [1.165, 1.54) is 6.07 Å². The minimum Gasteiger partial charge on any atom is -0.435 e. The number of rotatable bonds is 1. The normalized spacial score (nSPS) is 11.0. The topological polar surface area (TPSA) is 41.8 Å². The molecule has 1 aromatic carbocycles. The number of aromatic amines is 1. The molecule has 1 N–H and O–H groups in total. The summed E-state index contributed by atoms with van der Waals surface area (Å²) in [6.07, 6.45) is 1.76. The van der Waals surface area contributed by atoms with Gasteiger partial charge >= 0.3 is 0 Å². The lowest BCUT2D eigenvalue weighted by Gasteiger charge is -1.85. The molecule has 0 spiro atoms. The SMILES string of the molecule is Fc1cccc2oc(-c3ccc[nH]3)nc12. The fourth-order valence-electron chi connectivity index (χ4n) is 1.49. The molecule has 3 rings (SSSR count). The third kappa shape index (κ3) is 1.22. The van der Waals surface area contributed by atoms with Gasteiger partial charge in [0.2, 0.25) is 5.89 Å². The third-order valence-corrected chi connectivity index (χ3v) is 2.20. The molecule has 0 amide bonds. The molecule has 0 saturated heterocycles. The van der Waals surface area contributed by atoms with E-state index < -0.39 is 0 Å². The number of H-pyrrole nitrogens is 1. The highest BCUT2D eigenvalue weighted by Crippen LogP contribution is 2.24. The number of hydrogen-bond donors (Lipinski definition) is 1. The zero-order valence-corrected chi connectivity index (χ0v) is 7.70. The second-order valence-electron chi connectivity index (χ2n) is 3.19. The zero-order valence-electron chi connectivity index (χ0n) is 7.70. The van der Waals surface area contributed by atoms with E-state index in [-0.39, 0.29) is 11.3 Å². The number of para-hydroxylation sites is 1. The quantitative estimate of drug-likeness (QED) is 0.659. The average molecular weight is 202 g/mol. The van der Waals surface area contributed by atoms with Crippen molar-refractivity contribution in [2.45, 2.75) is 0 Å². The lowest BCUT2D eigenvalue weighted by molar-refractivity contribution is 0.615. The Balaban J connectivity index is 2.27. The van der Waals surface area contributed by atoms with Crippen LogP contribution in [0.1, 0.15) is 0 Å². The van der Waals surface area contributed by atoms with Gasteiger partial charge in [-0.1, -0.05) is 6.07 Å². The summed E-state index contributed by atoms with van der Waals surface area (Å²) in [6.45, 7) is 0. The van der Waals surface area contributed by atoms with Crippen LogP contribution in [0.25, 0.3) is 22.7 Å². The second kappa shape index (κ2) is 2.95. The van der Waals surface area contributed by atoms with Crippen LogP contribution in [0.2, 0.25) is 0 Å². The average Bonchev–Trinajstić information content (AvgIpc) is 2.86. The number of oxazole rings is 1. The van der Waals surface area contributed by atoms with E-state index in [9.17, 15) is 4.39 Å². The minimum absolute atomic E-state index is 0.266. The third-order valence-electron chi connectivity index (χ3n) is 2.20. The molecule has 0 atom stereocenters.